The standard InChI is InChI=1S/C35H55F3N2O9/c1-7-26(42)24(4)31-27(47-31)20-33(5,45)13-8-9-22(2)30-23(3)10-11-28(34(6,46)14-12-25(41)19-29(43)49-30)48-32(44)40-17-15-39(16-18-40)21-35(36,37)38/h8-11,13,23-28,30-31,41-42,45-46H,7,12,14-21H2,1-6H3/b11-10+,13-8+,22-9+. The average molecular weight is 705 g/mol. The van der Waals surface area contributed by atoms with Gasteiger partial charge >= 0.3 is 18.2 Å². The maximum Gasteiger partial charge on any atom is 0.410 e. The molecule has 49 heavy (non-hydrogen) atoms. The van der Waals surface area contributed by atoms with Gasteiger partial charge in [0.2, 0.25) is 0 Å². The van der Waals surface area contributed by atoms with Crippen LogP contribution in [0.2, 0.25) is 0 Å². The fourth-order valence-corrected chi connectivity index (χ4v) is 6.33. The van der Waals surface area contributed by atoms with Gasteiger partial charge in [0, 0.05) is 44.4 Å². The minimum atomic E-state index is -4.34. The van der Waals surface area contributed by atoms with E-state index in [1.165, 1.54) is 22.8 Å². The Morgan fingerprint density at radius 3 is 2.49 bits per heavy atom. The van der Waals surface area contributed by atoms with E-state index in [4.69, 9.17) is 14.2 Å². The molecule has 2 saturated heterocycles. The maximum atomic E-state index is 13.1. The van der Waals surface area contributed by atoms with E-state index < -0.39 is 66.3 Å². The highest BCUT2D eigenvalue weighted by molar-refractivity contribution is 5.70. The van der Waals surface area contributed by atoms with Gasteiger partial charge < -0.3 is 39.5 Å². The number of carbonyl (C=O) groups excluding carboxylic acids is 2. The van der Waals surface area contributed by atoms with Gasteiger partial charge in [-0.3, -0.25) is 9.69 Å². The van der Waals surface area contributed by atoms with E-state index in [2.05, 4.69) is 0 Å². The van der Waals surface area contributed by atoms with Crippen LogP contribution in [-0.4, -0.2) is 129 Å². The summed E-state index contributed by atoms with van der Waals surface area (Å²) >= 11 is 0. The Hall–Kier alpha value is -2.49. The third-order valence-electron chi connectivity index (χ3n) is 9.63. The van der Waals surface area contributed by atoms with Crippen molar-refractivity contribution in [2.24, 2.45) is 11.8 Å². The lowest BCUT2D eigenvalue weighted by Crippen LogP contribution is -2.52. The number of epoxide rings is 1. The lowest BCUT2D eigenvalue weighted by Gasteiger charge is -2.37. The number of rotatable bonds is 10. The predicted octanol–water partition coefficient (Wildman–Crippen LogP) is 3.89. The molecule has 3 heterocycles. The van der Waals surface area contributed by atoms with Crippen LogP contribution in [-0.2, 0) is 19.0 Å². The molecule has 0 aromatic heterocycles. The summed E-state index contributed by atoms with van der Waals surface area (Å²) in [6.45, 7) is 9.51. The first-order valence-electron chi connectivity index (χ1n) is 17.2. The SMILES string of the molecule is CCC(O)C(C)C1OC1CC(C)(O)/C=C/C=C(\C)C1OC(=O)CC(O)CCC(C)(O)C(OC(=O)N2CCN(CC(F)(F)F)CC2)/C=C/C1C. The fourth-order valence-electron chi connectivity index (χ4n) is 6.33. The summed E-state index contributed by atoms with van der Waals surface area (Å²) in [5.74, 6) is -1.16. The van der Waals surface area contributed by atoms with E-state index in [0.717, 1.165) is 0 Å². The van der Waals surface area contributed by atoms with Crippen LogP contribution in [0.4, 0.5) is 18.0 Å². The second-order valence-corrected chi connectivity index (χ2v) is 14.4. The highest BCUT2D eigenvalue weighted by Crippen LogP contribution is 2.37. The van der Waals surface area contributed by atoms with Crippen LogP contribution in [0.3, 0.4) is 0 Å². The molecule has 0 aromatic carbocycles. The molecule has 3 rings (SSSR count). The smallest absolute Gasteiger partial charge is 0.410 e. The molecule has 11 nitrogen and oxygen atoms in total. The van der Waals surface area contributed by atoms with Crippen molar-refractivity contribution in [3.05, 3.63) is 36.0 Å². The van der Waals surface area contributed by atoms with Crippen molar-refractivity contribution in [1.29, 1.82) is 0 Å². The van der Waals surface area contributed by atoms with Crippen molar-refractivity contribution in [2.45, 2.75) is 128 Å². The van der Waals surface area contributed by atoms with Gasteiger partial charge in [0.05, 0.1) is 43.0 Å². The molecule has 0 saturated carbocycles. The largest absolute Gasteiger partial charge is 0.457 e. The quantitative estimate of drug-likeness (QED) is 0.114. The zero-order chi connectivity index (χ0) is 36.7. The molecule has 10 atom stereocenters. The molecule has 0 aromatic rings. The summed E-state index contributed by atoms with van der Waals surface area (Å²) in [7, 11) is 0. The highest BCUT2D eigenvalue weighted by Gasteiger charge is 2.47. The summed E-state index contributed by atoms with van der Waals surface area (Å²) < 4.78 is 55.6. The van der Waals surface area contributed by atoms with Crippen LogP contribution in [0.5, 0.6) is 0 Å². The first kappa shape index (κ1) is 40.9. The molecule has 280 valence electrons. The van der Waals surface area contributed by atoms with Crippen molar-refractivity contribution >= 4 is 12.1 Å². The molecule has 0 radical (unpaired) electrons. The summed E-state index contributed by atoms with van der Waals surface area (Å²) in [6.07, 6.45) is -0.228. The zero-order valence-corrected chi connectivity index (χ0v) is 29.4. The van der Waals surface area contributed by atoms with Gasteiger partial charge in [-0.25, -0.2) is 4.79 Å². The predicted molar refractivity (Wildman–Crippen MR) is 175 cm³/mol. The Bertz CT molecular complexity index is 1200. The van der Waals surface area contributed by atoms with E-state index >= 15 is 0 Å². The number of alkyl halides is 3. The van der Waals surface area contributed by atoms with Gasteiger partial charge in [-0.05, 0) is 51.7 Å². The van der Waals surface area contributed by atoms with Crippen molar-refractivity contribution in [3.63, 3.8) is 0 Å². The monoisotopic (exact) mass is 704 g/mol. The number of ether oxygens (including phenoxy) is 3. The van der Waals surface area contributed by atoms with Crippen molar-refractivity contribution in [1.82, 2.24) is 9.80 Å². The number of hydrogen-bond acceptors (Lipinski definition) is 10. The number of esters is 1. The fraction of sp³-hybridized carbons (Fsp3) is 0.771. The van der Waals surface area contributed by atoms with Gasteiger partial charge in [0.25, 0.3) is 0 Å². The Morgan fingerprint density at radius 2 is 1.88 bits per heavy atom. The van der Waals surface area contributed by atoms with E-state index in [1.54, 1.807) is 45.1 Å². The minimum absolute atomic E-state index is 0.00865. The summed E-state index contributed by atoms with van der Waals surface area (Å²) in [4.78, 5) is 28.4. The lowest BCUT2D eigenvalue weighted by molar-refractivity contribution is -0.151. The van der Waals surface area contributed by atoms with Crippen molar-refractivity contribution in [2.75, 3.05) is 32.7 Å². The van der Waals surface area contributed by atoms with Crippen LogP contribution < -0.4 is 0 Å². The van der Waals surface area contributed by atoms with Gasteiger partial charge in [0.15, 0.2) is 6.10 Å². The number of aliphatic hydroxyl groups excluding tert-OH is 2. The van der Waals surface area contributed by atoms with E-state index in [9.17, 15) is 43.2 Å². The Kier molecular flexibility index (Phi) is 14.3. The number of aliphatic hydroxyl groups is 4. The Balaban J connectivity index is 1.72. The highest BCUT2D eigenvalue weighted by atomic mass is 19.4. The summed E-state index contributed by atoms with van der Waals surface area (Å²) in [5.41, 5.74) is -2.22. The lowest BCUT2D eigenvalue weighted by atomic mass is 9.88. The number of nitrogens with zero attached hydrogens (tertiary/aromatic N) is 2. The first-order valence-corrected chi connectivity index (χ1v) is 17.2. The average Bonchev–Trinajstić information content (AvgIpc) is 3.76. The molecule has 1 amide bonds. The molecule has 0 aliphatic carbocycles. The first-order chi connectivity index (χ1) is 22.7. The van der Waals surface area contributed by atoms with E-state index in [-0.39, 0.29) is 63.6 Å². The molecule has 14 heteroatoms. The second kappa shape index (κ2) is 17.1. The van der Waals surface area contributed by atoms with Crippen LogP contribution in [0.1, 0.15) is 73.6 Å². The molecule has 10 unspecified atom stereocenters. The molecule has 0 bridgehead atoms. The zero-order valence-electron chi connectivity index (χ0n) is 29.4. The Morgan fingerprint density at radius 1 is 1.22 bits per heavy atom. The topological polar surface area (TPSA) is 153 Å². The maximum absolute atomic E-state index is 13.1. The summed E-state index contributed by atoms with van der Waals surface area (Å²) in [5, 5.41) is 43.0. The van der Waals surface area contributed by atoms with Crippen LogP contribution >= 0.6 is 0 Å². The number of hydrogen-bond donors (Lipinski definition) is 4. The number of allylic oxidation sites excluding steroid dienone is 2. The van der Waals surface area contributed by atoms with E-state index in [1.807, 2.05) is 13.8 Å². The normalized spacial score (nSPS) is 34.3. The third-order valence-corrected chi connectivity index (χ3v) is 9.63. The second-order valence-electron chi connectivity index (χ2n) is 14.4. The number of amides is 1. The molecule has 4 N–H and O–H groups in total. The van der Waals surface area contributed by atoms with E-state index in [0.29, 0.717) is 18.4 Å². The molecule has 2 fully saturated rings. The molecule has 3 aliphatic heterocycles. The van der Waals surface area contributed by atoms with Gasteiger partial charge in [-0.15, -0.1) is 0 Å². The molecular weight excluding hydrogens is 649 g/mol. The van der Waals surface area contributed by atoms with Gasteiger partial charge in [-0.1, -0.05) is 45.1 Å². The third kappa shape index (κ3) is 13.0. The molecule has 0 spiro atoms. The van der Waals surface area contributed by atoms with Crippen LogP contribution in [0.25, 0.3) is 0 Å². The number of piperazine rings is 1. The summed E-state index contributed by atoms with van der Waals surface area (Å²) in [6, 6.07) is 0. The number of cyclic esters (lactones) is 1. The molecular formula is C35H55F3N2O9. The van der Waals surface area contributed by atoms with Crippen LogP contribution in [0.15, 0.2) is 36.0 Å². The van der Waals surface area contributed by atoms with Crippen LogP contribution in [0, 0.1) is 11.8 Å². The van der Waals surface area contributed by atoms with Gasteiger partial charge in [0.1, 0.15) is 11.7 Å². The molecule has 3 aliphatic rings. The number of halogens is 3. The number of carbonyl (C=O) groups is 2. The van der Waals surface area contributed by atoms with Crippen molar-refractivity contribution in [3.8, 4) is 0 Å². The van der Waals surface area contributed by atoms with Gasteiger partial charge in [-0.2, -0.15) is 13.2 Å². The van der Waals surface area contributed by atoms with Crippen molar-refractivity contribution < 1.29 is 57.4 Å². The Labute approximate surface area is 287 Å². The minimum Gasteiger partial charge on any atom is -0.457 e.